The molecule has 1 aromatic heterocycles. The van der Waals surface area contributed by atoms with Crippen LogP contribution >= 0.6 is 11.3 Å². The van der Waals surface area contributed by atoms with Crippen molar-refractivity contribution in [3.63, 3.8) is 0 Å². The van der Waals surface area contributed by atoms with Gasteiger partial charge in [-0.05, 0) is 42.6 Å². The molecule has 0 aliphatic carbocycles. The Morgan fingerprint density at radius 2 is 1.68 bits per heavy atom. The summed E-state index contributed by atoms with van der Waals surface area (Å²) in [5, 5.41) is 8.07. The van der Waals surface area contributed by atoms with Gasteiger partial charge in [0.1, 0.15) is 5.82 Å². The molecule has 0 saturated carbocycles. The fraction of sp³-hybridized carbons (Fsp3) is 0.292. The standard InChI is InChI=1S/C24H27FN4OS/c1-18(26-24(30)27-19-8-3-2-4-9-19)23(22-12-7-17-31-22)29-15-13-28(14-16-29)21-11-6-5-10-20(21)25/h2-12,17-18,23H,13-16H2,1H3,(H2,26,27,30)/t18-,23-/m1/s1. The first-order valence-corrected chi connectivity index (χ1v) is 11.4. The van der Waals surface area contributed by atoms with E-state index in [1.807, 2.05) is 55.5 Å². The number of nitrogens with zero attached hydrogens (tertiary/aromatic N) is 2. The Morgan fingerprint density at radius 3 is 2.35 bits per heavy atom. The van der Waals surface area contributed by atoms with Crippen molar-refractivity contribution in [2.75, 3.05) is 36.4 Å². The molecular formula is C24H27FN4OS. The molecule has 31 heavy (non-hydrogen) atoms. The highest BCUT2D eigenvalue weighted by atomic mass is 32.1. The molecule has 1 fully saturated rings. The number of carbonyl (C=O) groups excluding carboxylic acids is 1. The molecule has 0 bridgehead atoms. The Bertz CT molecular complexity index is 974. The smallest absolute Gasteiger partial charge is 0.319 e. The van der Waals surface area contributed by atoms with Crippen LogP contribution in [-0.4, -0.2) is 43.2 Å². The molecule has 162 valence electrons. The summed E-state index contributed by atoms with van der Waals surface area (Å²) >= 11 is 1.70. The van der Waals surface area contributed by atoms with E-state index in [1.165, 1.54) is 10.9 Å². The van der Waals surface area contributed by atoms with Crippen LogP contribution < -0.4 is 15.5 Å². The van der Waals surface area contributed by atoms with Crippen molar-refractivity contribution >= 4 is 28.7 Å². The maximum Gasteiger partial charge on any atom is 0.319 e. The number of piperazine rings is 1. The zero-order valence-electron chi connectivity index (χ0n) is 17.5. The first-order valence-electron chi connectivity index (χ1n) is 10.5. The van der Waals surface area contributed by atoms with Crippen LogP contribution in [0.4, 0.5) is 20.6 Å². The molecule has 0 unspecified atom stereocenters. The molecule has 3 aromatic rings. The number of benzene rings is 2. The Kier molecular flexibility index (Phi) is 6.84. The van der Waals surface area contributed by atoms with E-state index in [1.54, 1.807) is 17.4 Å². The van der Waals surface area contributed by atoms with Crippen molar-refractivity contribution in [3.05, 3.63) is 82.8 Å². The van der Waals surface area contributed by atoms with Crippen LogP contribution in [0, 0.1) is 5.82 Å². The summed E-state index contributed by atoms with van der Waals surface area (Å²) in [6.07, 6.45) is 0. The van der Waals surface area contributed by atoms with Gasteiger partial charge in [0.25, 0.3) is 0 Å². The summed E-state index contributed by atoms with van der Waals surface area (Å²) < 4.78 is 14.2. The number of hydrogen-bond acceptors (Lipinski definition) is 4. The number of urea groups is 1. The Labute approximate surface area is 186 Å². The number of rotatable bonds is 6. The fourth-order valence-electron chi connectivity index (χ4n) is 4.13. The number of thiophene rings is 1. The van der Waals surface area contributed by atoms with E-state index in [9.17, 15) is 9.18 Å². The van der Waals surface area contributed by atoms with Crippen molar-refractivity contribution in [3.8, 4) is 0 Å². The molecule has 1 aliphatic rings. The van der Waals surface area contributed by atoms with E-state index >= 15 is 0 Å². The zero-order chi connectivity index (χ0) is 21.6. The van der Waals surface area contributed by atoms with E-state index in [-0.39, 0.29) is 23.9 Å². The predicted molar refractivity (Wildman–Crippen MR) is 125 cm³/mol. The average molecular weight is 439 g/mol. The molecule has 2 aromatic carbocycles. The highest BCUT2D eigenvalue weighted by Crippen LogP contribution is 2.30. The molecule has 1 aliphatic heterocycles. The number of anilines is 2. The van der Waals surface area contributed by atoms with Crippen molar-refractivity contribution in [2.45, 2.75) is 19.0 Å². The maximum atomic E-state index is 14.2. The first kappa shape index (κ1) is 21.3. The number of amides is 2. The normalized spacial score (nSPS) is 16.5. The highest BCUT2D eigenvalue weighted by molar-refractivity contribution is 7.10. The predicted octanol–water partition coefficient (Wildman–Crippen LogP) is 4.96. The van der Waals surface area contributed by atoms with Crippen molar-refractivity contribution in [2.24, 2.45) is 0 Å². The van der Waals surface area contributed by atoms with Gasteiger partial charge in [-0.3, -0.25) is 4.90 Å². The molecule has 0 radical (unpaired) electrons. The molecule has 5 nitrogen and oxygen atoms in total. The van der Waals surface area contributed by atoms with E-state index in [4.69, 9.17) is 0 Å². The van der Waals surface area contributed by atoms with Crippen LogP contribution in [-0.2, 0) is 0 Å². The molecule has 2 N–H and O–H groups in total. The van der Waals surface area contributed by atoms with Gasteiger partial charge in [-0.1, -0.05) is 36.4 Å². The first-order chi connectivity index (χ1) is 15.1. The third kappa shape index (κ3) is 5.24. The molecule has 7 heteroatoms. The van der Waals surface area contributed by atoms with Crippen LogP contribution in [0.3, 0.4) is 0 Å². The maximum absolute atomic E-state index is 14.2. The van der Waals surface area contributed by atoms with E-state index < -0.39 is 0 Å². The number of hydrogen-bond donors (Lipinski definition) is 2. The van der Waals surface area contributed by atoms with Gasteiger partial charge in [-0.25, -0.2) is 9.18 Å². The van der Waals surface area contributed by atoms with Crippen LogP contribution in [0.25, 0.3) is 0 Å². The van der Waals surface area contributed by atoms with Gasteiger partial charge in [0.2, 0.25) is 0 Å². The topological polar surface area (TPSA) is 47.6 Å². The summed E-state index contributed by atoms with van der Waals surface area (Å²) in [4.78, 5) is 18.3. The largest absolute Gasteiger partial charge is 0.367 e. The molecule has 2 heterocycles. The molecule has 2 amide bonds. The Balaban J connectivity index is 1.42. The van der Waals surface area contributed by atoms with Gasteiger partial charge in [0.15, 0.2) is 0 Å². The lowest BCUT2D eigenvalue weighted by Crippen LogP contribution is -2.52. The van der Waals surface area contributed by atoms with Crippen LogP contribution in [0.15, 0.2) is 72.1 Å². The summed E-state index contributed by atoms with van der Waals surface area (Å²) in [6, 6.07) is 20.3. The van der Waals surface area contributed by atoms with Crippen LogP contribution in [0.1, 0.15) is 17.8 Å². The SMILES string of the molecule is C[C@@H](NC(=O)Nc1ccccc1)[C@H](c1cccs1)N1CCN(c2ccccc2F)CC1. The third-order valence-corrected chi connectivity index (χ3v) is 6.54. The Hall–Kier alpha value is -2.90. The number of halogens is 1. The van der Waals surface area contributed by atoms with Crippen molar-refractivity contribution in [1.29, 1.82) is 0 Å². The van der Waals surface area contributed by atoms with Crippen LogP contribution in [0.5, 0.6) is 0 Å². The summed E-state index contributed by atoms with van der Waals surface area (Å²) in [5.74, 6) is -0.182. The molecule has 2 atom stereocenters. The van der Waals surface area contributed by atoms with Gasteiger partial charge in [-0.15, -0.1) is 11.3 Å². The van der Waals surface area contributed by atoms with Crippen molar-refractivity contribution in [1.82, 2.24) is 10.2 Å². The highest BCUT2D eigenvalue weighted by Gasteiger charge is 2.31. The molecular weight excluding hydrogens is 411 g/mol. The van der Waals surface area contributed by atoms with Gasteiger partial charge in [0, 0.05) is 42.8 Å². The average Bonchev–Trinajstić information content (AvgIpc) is 3.30. The third-order valence-electron chi connectivity index (χ3n) is 5.60. The lowest BCUT2D eigenvalue weighted by atomic mass is 10.0. The quantitative estimate of drug-likeness (QED) is 0.572. The molecule has 0 spiro atoms. The van der Waals surface area contributed by atoms with Crippen molar-refractivity contribution < 1.29 is 9.18 Å². The number of para-hydroxylation sites is 2. The lowest BCUT2D eigenvalue weighted by Gasteiger charge is -2.42. The second-order valence-corrected chi connectivity index (χ2v) is 8.67. The van der Waals surface area contributed by atoms with Crippen LogP contribution in [0.2, 0.25) is 0 Å². The second kappa shape index (κ2) is 9.94. The van der Waals surface area contributed by atoms with Gasteiger partial charge in [-0.2, -0.15) is 0 Å². The minimum Gasteiger partial charge on any atom is -0.367 e. The van der Waals surface area contributed by atoms with E-state index in [0.29, 0.717) is 5.69 Å². The zero-order valence-corrected chi connectivity index (χ0v) is 18.3. The molecule has 1 saturated heterocycles. The van der Waals surface area contributed by atoms with Gasteiger partial charge >= 0.3 is 6.03 Å². The number of nitrogens with one attached hydrogen (secondary N) is 2. The summed E-state index contributed by atoms with van der Waals surface area (Å²) in [5.41, 5.74) is 1.42. The minimum atomic E-state index is -0.217. The van der Waals surface area contributed by atoms with Gasteiger partial charge < -0.3 is 15.5 Å². The second-order valence-electron chi connectivity index (χ2n) is 7.69. The Morgan fingerprint density at radius 1 is 0.968 bits per heavy atom. The van der Waals surface area contributed by atoms with E-state index in [0.717, 1.165) is 31.9 Å². The lowest BCUT2D eigenvalue weighted by molar-refractivity contribution is 0.157. The number of carbonyl (C=O) groups is 1. The summed E-state index contributed by atoms with van der Waals surface area (Å²) in [6.45, 7) is 5.11. The fourth-order valence-corrected chi connectivity index (χ4v) is 5.09. The van der Waals surface area contributed by atoms with E-state index in [2.05, 4.69) is 31.9 Å². The molecule has 4 rings (SSSR count). The minimum absolute atomic E-state index is 0.0595. The monoisotopic (exact) mass is 438 g/mol. The van der Waals surface area contributed by atoms with Gasteiger partial charge in [0.05, 0.1) is 11.7 Å². The summed E-state index contributed by atoms with van der Waals surface area (Å²) in [7, 11) is 0.